The van der Waals surface area contributed by atoms with Crippen LogP contribution in [-0.2, 0) is 0 Å². The molecule has 1 saturated heterocycles. The maximum absolute atomic E-state index is 9.59. The van der Waals surface area contributed by atoms with Crippen LogP contribution < -0.4 is 15.4 Å². The second-order valence-electron chi connectivity index (χ2n) is 5.29. The average Bonchev–Trinajstić information content (AvgIpc) is 2.71. The minimum atomic E-state index is 0.146. The monoisotopic (exact) mass is 279 g/mol. The standard InChI is InChI=1S/C15H25N3O2/c1-2-10-20-15-13(16)7-8-14(17-15)18-9-5-3-4-6-12(18)11-19/h7-8,12,19H,2-6,9-11,16H2,1H3. The summed E-state index contributed by atoms with van der Waals surface area (Å²) >= 11 is 0. The van der Waals surface area contributed by atoms with Crippen molar-refractivity contribution in [3.63, 3.8) is 0 Å². The summed E-state index contributed by atoms with van der Waals surface area (Å²) in [5, 5.41) is 9.59. The van der Waals surface area contributed by atoms with E-state index in [1.807, 2.05) is 12.1 Å². The molecule has 5 nitrogen and oxygen atoms in total. The Morgan fingerprint density at radius 1 is 1.40 bits per heavy atom. The van der Waals surface area contributed by atoms with Gasteiger partial charge in [0.15, 0.2) is 0 Å². The van der Waals surface area contributed by atoms with E-state index in [2.05, 4.69) is 16.8 Å². The highest BCUT2D eigenvalue weighted by molar-refractivity contribution is 5.55. The third-order valence-corrected chi connectivity index (χ3v) is 3.70. The Kier molecular flexibility index (Phi) is 5.47. The molecular formula is C15H25N3O2. The summed E-state index contributed by atoms with van der Waals surface area (Å²) < 4.78 is 5.59. The molecule has 3 N–H and O–H groups in total. The maximum Gasteiger partial charge on any atom is 0.239 e. The first-order valence-corrected chi connectivity index (χ1v) is 7.53. The average molecular weight is 279 g/mol. The summed E-state index contributed by atoms with van der Waals surface area (Å²) in [5.74, 6) is 1.36. The van der Waals surface area contributed by atoms with Crippen LogP contribution in [0.25, 0.3) is 0 Å². The van der Waals surface area contributed by atoms with Gasteiger partial charge in [0, 0.05) is 6.54 Å². The first-order chi connectivity index (χ1) is 9.76. The number of hydrogen-bond acceptors (Lipinski definition) is 5. The van der Waals surface area contributed by atoms with Crippen LogP contribution in [0.1, 0.15) is 39.0 Å². The number of nitrogens with zero attached hydrogens (tertiary/aromatic N) is 2. The lowest BCUT2D eigenvalue weighted by Gasteiger charge is -2.30. The molecule has 1 aliphatic heterocycles. The van der Waals surface area contributed by atoms with E-state index in [4.69, 9.17) is 10.5 Å². The van der Waals surface area contributed by atoms with E-state index in [0.717, 1.165) is 38.0 Å². The van der Waals surface area contributed by atoms with E-state index in [9.17, 15) is 5.11 Å². The van der Waals surface area contributed by atoms with Crippen LogP contribution >= 0.6 is 0 Å². The van der Waals surface area contributed by atoms with Crippen LogP contribution in [0, 0.1) is 0 Å². The van der Waals surface area contributed by atoms with Crippen molar-refractivity contribution in [2.75, 3.05) is 30.4 Å². The number of nitrogens with two attached hydrogens (primary N) is 1. The van der Waals surface area contributed by atoms with Gasteiger partial charge in [-0.2, -0.15) is 4.98 Å². The molecule has 1 aromatic heterocycles. The Labute approximate surface area is 120 Å². The summed E-state index contributed by atoms with van der Waals surface area (Å²) in [6, 6.07) is 3.90. The Hall–Kier alpha value is -1.49. The van der Waals surface area contributed by atoms with E-state index in [-0.39, 0.29) is 12.6 Å². The van der Waals surface area contributed by atoms with E-state index >= 15 is 0 Å². The smallest absolute Gasteiger partial charge is 0.239 e. The lowest BCUT2D eigenvalue weighted by Crippen LogP contribution is -2.38. The SMILES string of the molecule is CCCOc1nc(N2CCCCCC2CO)ccc1N. The van der Waals surface area contributed by atoms with Crippen molar-refractivity contribution in [1.29, 1.82) is 0 Å². The van der Waals surface area contributed by atoms with Crippen LogP contribution in [-0.4, -0.2) is 35.9 Å². The maximum atomic E-state index is 9.59. The largest absolute Gasteiger partial charge is 0.476 e. The third-order valence-electron chi connectivity index (χ3n) is 3.70. The van der Waals surface area contributed by atoms with Crippen molar-refractivity contribution in [1.82, 2.24) is 4.98 Å². The van der Waals surface area contributed by atoms with Crippen molar-refractivity contribution in [3.8, 4) is 5.88 Å². The number of nitrogen functional groups attached to an aromatic ring is 1. The normalized spacial score (nSPS) is 19.7. The number of ether oxygens (including phenoxy) is 1. The zero-order valence-corrected chi connectivity index (χ0v) is 12.2. The lowest BCUT2D eigenvalue weighted by atomic mass is 10.1. The number of aliphatic hydroxyl groups is 1. The predicted octanol–water partition coefficient (Wildman–Crippen LogP) is 2.19. The second kappa shape index (κ2) is 7.33. The molecular weight excluding hydrogens is 254 g/mol. The summed E-state index contributed by atoms with van der Waals surface area (Å²) in [6.07, 6.45) is 5.44. The summed E-state index contributed by atoms with van der Waals surface area (Å²) in [6.45, 7) is 3.76. The minimum absolute atomic E-state index is 0.146. The van der Waals surface area contributed by atoms with Crippen LogP contribution in [0.2, 0.25) is 0 Å². The van der Waals surface area contributed by atoms with Crippen LogP contribution in [0.5, 0.6) is 5.88 Å². The molecule has 1 aliphatic rings. The molecule has 1 unspecified atom stereocenters. The van der Waals surface area contributed by atoms with Crippen LogP contribution in [0.3, 0.4) is 0 Å². The molecule has 5 heteroatoms. The van der Waals surface area contributed by atoms with Gasteiger partial charge in [-0.25, -0.2) is 0 Å². The van der Waals surface area contributed by atoms with Crippen molar-refractivity contribution >= 4 is 11.5 Å². The molecule has 0 aliphatic carbocycles. The molecule has 20 heavy (non-hydrogen) atoms. The van der Waals surface area contributed by atoms with Crippen molar-refractivity contribution in [3.05, 3.63) is 12.1 Å². The van der Waals surface area contributed by atoms with Gasteiger partial charge in [-0.05, 0) is 31.4 Å². The van der Waals surface area contributed by atoms with Crippen molar-refractivity contribution in [2.24, 2.45) is 0 Å². The van der Waals surface area contributed by atoms with Gasteiger partial charge in [0.2, 0.25) is 5.88 Å². The number of aromatic nitrogens is 1. The summed E-state index contributed by atoms with van der Waals surface area (Å²) in [4.78, 5) is 6.73. The van der Waals surface area contributed by atoms with Gasteiger partial charge < -0.3 is 20.5 Å². The first kappa shape index (κ1) is 14.9. The number of rotatable bonds is 5. The zero-order valence-electron chi connectivity index (χ0n) is 12.2. The fourth-order valence-corrected chi connectivity index (χ4v) is 2.58. The van der Waals surface area contributed by atoms with Gasteiger partial charge in [0.1, 0.15) is 5.82 Å². The zero-order chi connectivity index (χ0) is 14.4. The molecule has 112 valence electrons. The van der Waals surface area contributed by atoms with Gasteiger partial charge in [0.25, 0.3) is 0 Å². The van der Waals surface area contributed by atoms with Gasteiger partial charge in [0.05, 0.1) is 24.9 Å². The minimum Gasteiger partial charge on any atom is -0.476 e. The van der Waals surface area contributed by atoms with Crippen LogP contribution in [0.4, 0.5) is 11.5 Å². The third kappa shape index (κ3) is 3.54. The molecule has 2 heterocycles. The van der Waals surface area contributed by atoms with E-state index < -0.39 is 0 Å². The van der Waals surface area contributed by atoms with Crippen molar-refractivity contribution < 1.29 is 9.84 Å². The van der Waals surface area contributed by atoms with Gasteiger partial charge >= 0.3 is 0 Å². The number of aliphatic hydroxyl groups excluding tert-OH is 1. The summed E-state index contributed by atoms with van der Waals surface area (Å²) in [5.41, 5.74) is 6.47. The first-order valence-electron chi connectivity index (χ1n) is 7.53. The molecule has 1 fully saturated rings. The van der Waals surface area contributed by atoms with E-state index in [1.165, 1.54) is 6.42 Å². The highest BCUT2D eigenvalue weighted by Gasteiger charge is 2.22. The second-order valence-corrected chi connectivity index (χ2v) is 5.29. The molecule has 0 radical (unpaired) electrons. The molecule has 0 aromatic carbocycles. The van der Waals surface area contributed by atoms with Gasteiger partial charge in [-0.3, -0.25) is 0 Å². The lowest BCUT2D eigenvalue weighted by molar-refractivity contribution is 0.254. The molecule has 1 aromatic rings. The van der Waals surface area contributed by atoms with Crippen molar-refractivity contribution in [2.45, 2.75) is 45.1 Å². The summed E-state index contributed by atoms with van der Waals surface area (Å²) in [7, 11) is 0. The number of anilines is 2. The molecule has 0 bridgehead atoms. The fourth-order valence-electron chi connectivity index (χ4n) is 2.58. The highest BCUT2D eigenvalue weighted by atomic mass is 16.5. The fraction of sp³-hybridized carbons (Fsp3) is 0.667. The quantitative estimate of drug-likeness (QED) is 0.864. The molecule has 0 amide bonds. The molecule has 0 saturated carbocycles. The van der Waals surface area contributed by atoms with E-state index in [1.54, 1.807) is 0 Å². The van der Waals surface area contributed by atoms with E-state index in [0.29, 0.717) is 18.2 Å². The topological polar surface area (TPSA) is 71.6 Å². The molecule has 0 spiro atoms. The Morgan fingerprint density at radius 2 is 2.25 bits per heavy atom. The Balaban J connectivity index is 2.20. The Morgan fingerprint density at radius 3 is 3.00 bits per heavy atom. The number of pyridine rings is 1. The molecule has 1 atom stereocenters. The number of hydrogen-bond donors (Lipinski definition) is 2. The van der Waals surface area contributed by atoms with Gasteiger partial charge in [-0.15, -0.1) is 0 Å². The Bertz CT molecular complexity index is 426. The predicted molar refractivity (Wildman–Crippen MR) is 81.1 cm³/mol. The van der Waals surface area contributed by atoms with Gasteiger partial charge in [-0.1, -0.05) is 19.8 Å². The molecule has 2 rings (SSSR count). The van der Waals surface area contributed by atoms with Crippen LogP contribution in [0.15, 0.2) is 12.1 Å². The highest BCUT2D eigenvalue weighted by Crippen LogP contribution is 2.27.